The zero-order chi connectivity index (χ0) is 21.1. The number of carbonyl (C=O) groups excluding carboxylic acids is 3. The van der Waals surface area contributed by atoms with Gasteiger partial charge in [-0.15, -0.1) is 11.8 Å². The topological polar surface area (TPSA) is 69.7 Å². The number of nitrogens with zero attached hydrogens (tertiary/aromatic N) is 2. The van der Waals surface area contributed by atoms with Gasteiger partial charge in [0.1, 0.15) is 6.54 Å². The van der Waals surface area contributed by atoms with Gasteiger partial charge in [0.15, 0.2) is 5.25 Å². The van der Waals surface area contributed by atoms with Gasteiger partial charge < -0.3 is 15.1 Å². The number of benzene rings is 2. The first-order valence-corrected chi connectivity index (χ1v) is 11.1. The quantitative estimate of drug-likeness (QED) is 0.751. The van der Waals surface area contributed by atoms with E-state index in [-0.39, 0.29) is 24.3 Å². The number of nitrogens with one attached hydrogen (secondary N) is 1. The van der Waals surface area contributed by atoms with Crippen molar-refractivity contribution in [1.29, 1.82) is 0 Å². The molecule has 2 aliphatic rings. The van der Waals surface area contributed by atoms with Crippen LogP contribution in [0.5, 0.6) is 0 Å². The highest BCUT2D eigenvalue weighted by molar-refractivity contribution is 8.01. The van der Waals surface area contributed by atoms with Crippen molar-refractivity contribution in [3.8, 4) is 0 Å². The Morgan fingerprint density at radius 1 is 1.07 bits per heavy atom. The van der Waals surface area contributed by atoms with Crippen LogP contribution in [-0.2, 0) is 20.9 Å². The first kappa shape index (κ1) is 20.5. The van der Waals surface area contributed by atoms with Crippen LogP contribution in [0.3, 0.4) is 0 Å². The molecule has 0 aromatic heterocycles. The number of likely N-dealkylation sites (tertiary alicyclic amines) is 1. The number of hydrogen-bond acceptors (Lipinski definition) is 4. The van der Waals surface area contributed by atoms with E-state index in [0.717, 1.165) is 28.9 Å². The lowest BCUT2D eigenvalue weighted by Crippen LogP contribution is -2.51. The van der Waals surface area contributed by atoms with E-state index in [1.165, 1.54) is 16.7 Å². The summed E-state index contributed by atoms with van der Waals surface area (Å²) in [5.74, 6) is -0.721. The number of amides is 3. The van der Waals surface area contributed by atoms with Gasteiger partial charge in [0.25, 0.3) is 5.91 Å². The summed E-state index contributed by atoms with van der Waals surface area (Å²) < 4.78 is 0. The zero-order valence-electron chi connectivity index (χ0n) is 17.0. The Morgan fingerprint density at radius 2 is 1.77 bits per heavy atom. The van der Waals surface area contributed by atoms with E-state index in [1.54, 1.807) is 4.90 Å². The van der Waals surface area contributed by atoms with Crippen LogP contribution < -0.4 is 10.2 Å². The maximum absolute atomic E-state index is 13.2. The second kappa shape index (κ2) is 8.92. The molecular formula is C23H25N3O3S. The fourth-order valence-corrected chi connectivity index (χ4v) is 4.93. The summed E-state index contributed by atoms with van der Waals surface area (Å²) >= 11 is 1.29. The first-order chi connectivity index (χ1) is 14.5. The summed E-state index contributed by atoms with van der Waals surface area (Å²) in [5.41, 5.74) is 2.84. The number of para-hydroxylation sites is 1. The van der Waals surface area contributed by atoms with Gasteiger partial charge in [-0.25, -0.2) is 0 Å². The maximum atomic E-state index is 13.2. The Labute approximate surface area is 180 Å². The number of thioether (sulfide) groups is 1. The standard InChI is InChI=1S/C23H25N3O3S/c1-16-8-10-17(11-9-16)14-24-20(27)15-26-18-6-2-3-7-19(18)30-21(23(26)29)22(28)25-12-4-5-13-25/h2-3,6-11,21H,4-5,12-15H2,1H3,(H,24,27)/t21-/m0/s1. The molecule has 0 aliphatic carbocycles. The van der Waals surface area contributed by atoms with E-state index in [9.17, 15) is 14.4 Å². The Bertz CT molecular complexity index is 954. The number of aryl methyl sites for hydroxylation is 1. The van der Waals surface area contributed by atoms with E-state index in [1.807, 2.05) is 55.5 Å². The third-order valence-electron chi connectivity index (χ3n) is 5.45. The molecule has 2 aromatic rings. The van der Waals surface area contributed by atoms with Crippen molar-refractivity contribution in [2.45, 2.75) is 36.5 Å². The summed E-state index contributed by atoms with van der Waals surface area (Å²) in [7, 11) is 0. The predicted molar refractivity (Wildman–Crippen MR) is 117 cm³/mol. The van der Waals surface area contributed by atoms with Gasteiger partial charge in [-0.2, -0.15) is 0 Å². The Hall–Kier alpha value is -2.80. The van der Waals surface area contributed by atoms with Gasteiger partial charge in [0, 0.05) is 24.5 Å². The molecule has 2 aliphatic heterocycles. The minimum absolute atomic E-state index is 0.105. The molecule has 2 heterocycles. The summed E-state index contributed by atoms with van der Waals surface area (Å²) in [6.45, 7) is 3.70. The average Bonchev–Trinajstić information content (AvgIpc) is 3.29. The van der Waals surface area contributed by atoms with Gasteiger partial charge in [-0.05, 0) is 37.5 Å². The molecule has 2 aromatic carbocycles. The number of rotatable bonds is 5. The predicted octanol–water partition coefficient (Wildman–Crippen LogP) is 2.74. The fraction of sp³-hybridized carbons (Fsp3) is 0.348. The van der Waals surface area contributed by atoms with Crippen molar-refractivity contribution >= 4 is 35.2 Å². The lowest BCUT2D eigenvalue weighted by atomic mass is 10.1. The summed E-state index contributed by atoms with van der Waals surface area (Å²) in [5, 5.41) is 2.05. The first-order valence-electron chi connectivity index (χ1n) is 10.2. The molecule has 30 heavy (non-hydrogen) atoms. The molecule has 0 radical (unpaired) electrons. The van der Waals surface area contributed by atoms with Crippen LogP contribution in [0.1, 0.15) is 24.0 Å². The fourth-order valence-electron chi connectivity index (χ4n) is 3.75. The van der Waals surface area contributed by atoms with Crippen LogP contribution in [0, 0.1) is 6.92 Å². The molecule has 0 spiro atoms. The molecule has 4 rings (SSSR count). The monoisotopic (exact) mass is 423 g/mol. The number of fused-ring (bicyclic) bond motifs is 1. The third kappa shape index (κ3) is 4.36. The largest absolute Gasteiger partial charge is 0.350 e. The van der Waals surface area contributed by atoms with Crippen molar-refractivity contribution in [3.63, 3.8) is 0 Å². The number of hydrogen-bond donors (Lipinski definition) is 1. The molecule has 6 nitrogen and oxygen atoms in total. The minimum Gasteiger partial charge on any atom is -0.350 e. The highest BCUT2D eigenvalue weighted by Crippen LogP contribution is 2.39. The van der Waals surface area contributed by atoms with Gasteiger partial charge in [-0.1, -0.05) is 42.0 Å². The number of carbonyl (C=O) groups is 3. The lowest BCUT2D eigenvalue weighted by Gasteiger charge is -2.34. The second-order valence-corrected chi connectivity index (χ2v) is 8.83. The summed E-state index contributed by atoms with van der Waals surface area (Å²) in [6.07, 6.45) is 1.94. The summed E-state index contributed by atoms with van der Waals surface area (Å²) in [6, 6.07) is 15.4. The van der Waals surface area contributed by atoms with Gasteiger partial charge in [0.2, 0.25) is 11.8 Å². The normalized spacial score (nSPS) is 18.3. The molecule has 7 heteroatoms. The Morgan fingerprint density at radius 3 is 2.50 bits per heavy atom. The Kier molecular flexibility index (Phi) is 6.08. The molecule has 0 unspecified atom stereocenters. The van der Waals surface area contributed by atoms with Crippen molar-refractivity contribution in [1.82, 2.24) is 10.2 Å². The highest BCUT2D eigenvalue weighted by Gasteiger charge is 2.41. The van der Waals surface area contributed by atoms with Crippen molar-refractivity contribution in [3.05, 3.63) is 59.7 Å². The average molecular weight is 424 g/mol. The molecule has 0 saturated carbocycles. The van der Waals surface area contributed by atoms with Crippen LogP contribution in [0.4, 0.5) is 5.69 Å². The third-order valence-corrected chi connectivity index (χ3v) is 6.68. The molecule has 156 valence electrons. The van der Waals surface area contributed by atoms with Gasteiger partial charge >= 0.3 is 0 Å². The lowest BCUT2D eigenvalue weighted by molar-refractivity contribution is -0.134. The molecule has 1 saturated heterocycles. The van der Waals surface area contributed by atoms with E-state index < -0.39 is 5.25 Å². The van der Waals surface area contributed by atoms with Crippen LogP contribution in [0.15, 0.2) is 53.4 Å². The molecule has 1 atom stereocenters. The van der Waals surface area contributed by atoms with Crippen LogP contribution in [0.2, 0.25) is 0 Å². The van der Waals surface area contributed by atoms with E-state index >= 15 is 0 Å². The van der Waals surface area contributed by atoms with E-state index in [2.05, 4.69) is 5.32 Å². The molecule has 1 N–H and O–H groups in total. The van der Waals surface area contributed by atoms with Crippen LogP contribution >= 0.6 is 11.8 Å². The zero-order valence-corrected chi connectivity index (χ0v) is 17.8. The van der Waals surface area contributed by atoms with Crippen molar-refractivity contribution in [2.75, 3.05) is 24.5 Å². The smallest absolute Gasteiger partial charge is 0.250 e. The highest BCUT2D eigenvalue weighted by atomic mass is 32.2. The molecule has 0 bridgehead atoms. The minimum atomic E-state index is -0.831. The van der Waals surface area contributed by atoms with Crippen molar-refractivity contribution in [2.24, 2.45) is 0 Å². The van der Waals surface area contributed by atoms with E-state index in [4.69, 9.17) is 0 Å². The summed E-state index contributed by atoms with van der Waals surface area (Å²) in [4.78, 5) is 42.9. The molecular weight excluding hydrogens is 398 g/mol. The van der Waals surface area contributed by atoms with Crippen LogP contribution in [0.25, 0.3) is 0 Å². The van der Waals surface area contributed by atoms with Gasteiger partial charge in [0.05, 0.1) is 5.69 Å². The Balaban J connectivity index is 1.48. The number of anilines is 1. The van der Waals surface area contributed by atoms with Crippen molar-refractivity contribution < 1.29 is 14.4 Å². The van der Waals surface area contributed by atoms with Gasteiger partial charge in [-0.3, -0.25) is 14.4 Å². The second-order valence-electron chi connectivity index (χ2n) is 7.68. The molecule has 1 fully saturated rings. The SMILES string of the molecule is Cc1ccc(CNC(=O)CN2C(=O)[C@H](C(=O)N3CCCC3)Sc3ccccc32)cc1. The van der Waals surface area contributed by atoms with Crippen LogP contribution in [-0.4, -0.2) is 47.5 Å². The van der Waals surface area contributed by atoms with E-state index in [0.29, 0.717) is 25.3 Å². The maximum Gasteiger partial charge on any atom is 0.250 e. The molecule has 3 amide bonds.